The second kappa shape index (κ2) is 6.84. The Balaban J connectivity index is 1.46. The Morgan fingerprint density at radius 3 is 2.69 bits per heavy atom. The number of amides is 2. The molecule has 0 saturated carbocycles. The number of aryl methyl sites for hydroxylation is 1. The summed E-state index contributed by atoms with van der Waals surface area (Å²) in [6.45, 7) is 0. The van der Waals surface area contributed by atoms with Crippen LogP contribution in [-0.4, -0.2) is 29.7 Å². The van der Waals surface area contributed by atoms with Crippen LogP contribution in [-0.2, 0) is 24.1 Å². The Bertz CT molecular complexity index is 857. The van der Waals surface area contributed by atoms with Crippen molar-refractivity contribution in [3.05, 3.63) is 65.2 Å². The van der Waals surface area contributed by atoms with E-state index < -0.39 is 10.6 Å². The number of ether oxygens (including phenoxy) is 1. The number of hydrogen-bond donors (Lipinski definition) is 1. The van der Waals surface area contributed by atoms with Gasteiger partial charge >= 0.3 is 0 Å². The Kier molecular flexibility index (Phi) is 4.53. The van der Waals surface area contributed by atoms with E-state index in [1.807, 2.05) is 36.4 Å². The van der Waals surface area contributed by atoms with Crippen LogP contribution < -0.4 is 10.1 Å². The predicted molar refractivity (Wildman–Crippen MR) is 103 cm³/mol. The maximum atomic E-state index is 11.9. The second-order valence-electron chi connectivity index (χ2n) is 6.82. The van der Waals surface area contributed by atoms with Gasteiger partial charge in [0.1, 0.15) is 19.7 Å². The fourth-order valence-electron chi connectivity index (χ4n) is 3.48. The SMILES string of the molecule is [B][C@@]1(Cc2ccc3c(c2)CC[C@H](Cc2ccccc2)O3)SC(=O)NC1=O. The van der Waals surface area contributed by atoms with Gasteiger partial charge < -0.3 is 4.74 Å². The minimum absolute atomic E-state index is 0.172. The highest BCUT2D eigenvalue weighted by molar-refractivity contribution is 8.17. The molecule has 2 aliphatic heterocycles. The molecule has 1 N–H and O–H groups in total. The zero-order valence-corrected chi connectivity index (χ0v) is 15.1. The number of fused-ring (bicyclic) bond motifs is 1. The monoisotopic (exact) mass is 363 g/mol. The zero-order chi connectivity index (χ0) is 18.1. The molecule has 6 heteroatoms. The van der Waals surface area contributed by atoms with Gasteiger partial charge in [-0.05, 0) is 42.0 Å². The standard InChI is InChI=1S/C20H18BNO3S/c21-20(18(23)22-19(24)26-20)12-14-6-9-17-15(10-14)7-8-16(25-17)11-13-4-2-1-3-5-13/h1-6,9-10,16H,7-8,11-12H2,(H,22,23,24)/t16-,20+/m1/s1. The topological polar surface area (TPSA) is 55.4 Å². The van der Waals surface area contributed by atoms with Gasteiger partial charge in [0.15, 0.2) is 0 Å². The molecule has 130 valence electrons. The van der Waals surface area contributed by atoms with E-state index in [9.17, 15) is 9.59 Å². The van der Waals surface area contributed by atoms with Crippen molar-refractivity contribution in [1.29, 1.82) is 0 Å². The van der Waals surface area contributed by atoms with Crippen molar-refractivity contribution in [1.82, 2.24) is 5.32 Å². The molecule has 0 unspecified atom stereocenters. The van der Waals surface area contributed by atoms with E-state index in [4.69, 9.17) is 12.6 Å². The smallest absolute Gasteiger partial charge is 0.285 e. The van der Waals surface area contributed by atoms with Gasteiger partial charge in [0, 0.05) is 6.42 Å². The largest absolute Gasteiger partial charge is 0.490 e. The van der Waals surface area contributed by atoms with Gasteiger partial charge in [0.2, 0.25) is 5.91 Å². The second-order valence-corrected chi connectivity index (χ2v) is 8.12. The van der Waals surface area contributed by atoms with Crippen LogP contribution in [0.1, 0.15) is 23.1 Å². The van der Waals surface area contributed by atoms with Crippen molar-refractivity contribution < 1.29 is 14.3 Å². The first kappa shape index (κ1) is 17.2. The molecular formula is C20H18BNO3S. The van der Waals surface area contributed by atoms with Gasteiger partial charge in [-0.3, -0.25) is 14.9 Å². The first-order valence-corrected chi connectivity index (χ1v) is 9.49. The molecule has 4 rings (SSSR count). The molecule has 2 amide bonds. The third-order valence-electron chi connectivity index (χ3n) is 4.80. The first-order valence-electron chi connectivity index (χ1n) is 8.67. The van der Waals surface area contributed by atoms with Crippen LogP contribution >= 0.6 is 11.8 Å². The highest BCUT2D eigenvalue weighted by atomic mass is 32.2. The fourth-order valence-corrected chi connectivity index (χ4v) is 4.34. The quantitative estimate of drug-likeness (QED) is 0.849. The molecule has 26 heavy (non-hydrogen) atoms. The Labute approximate surface area is 158 Å². The summed E-state index contributed by atoms with van der Waals surface area (Å²) in [5.41, 5.74) is 3.34. The van der Waals surface area contributed by atoms with Gasteiger partial charge in [-0.1, -0.05) is 54.2 Å². The molecule has 2 aromatic rings. The molecule has 1 saturated heterocycles. The summed E-state index contributed by atoms with van der Waals surface area (Å²) in [5.74, 6) is 0.469. The van der Waals surface area contributed by atoms with Gasteiger partial charge in [0.05, 0.1) is 4.65 Å². The summed E-state index contributed by atoms with van der Waals surface area (Å²) in [4.78, 5) is 23.3. The van der Waals surface area contributed by atoms with Crippen LogP contribution in [0.25, 0.3) is 0 Å². The molecule has 2 radical (unpaired) electrons. The number of hydrogen-bond acceptors (Lipinski definition) is 4. The van der Waals surface area contributed by atoms with E-state index in [1.165, 1.54) is 5.56 Å². The number of benzene rings is 2. The van der Waals surface area contributed by atoms with Crippen LogP contribution in [0.15, 0.2) is 48.5 Å². The summed E-state index contributed by atoms with van der Waals surface area (Å²) in [5, 5.41) is 1.87. The molecule has 0 bridgehead atoms. The molecule has 2 atom stereocenters. The zero-order valence-electron chi connectivity index (χ0n) is 14.2. The molecule has 1 fully saturated rings. The summed E-state index contributed by atoms with van der Waals surface area (Å²) >= 11 is 0.857. The van der Waals surface area contributed by atoms with E-state index in [1.54, 1.807) is 0 Å². The summed E-state index contributed by atoms with van der Waals surface area (Å²) in [6.07, 6.45) is 3.26. The number of thioether (sulfide) groups is 1. The summed E-state index contributed by atoms with van der Waals surface area (Å²) in [7, 11) is 6.11. The number of carbonyl (C=O) groups excluding carboxylic acids is 2. The minimum atomic E-state index is -1.23. The maximum Gasteiger partial charge on any atom is 0.285 e. The predicted octanol–water partition coefficient (Wildman–Crippen LogP) is 3.01. The van der Waals surface area contributed by atoms with Crippen LogP contribution in [0.2, 0.25) is 0 Å². The lowest BCUT2D eigenvalue weighted by Gasteiger charge is -2.27. The summed E-state index contributed by atoms with van der Waals surface area (Å²) < 4.78 is 4.93. The van der Waals surface area contributed by atoms with Crippen molar-refractivity contribution in [2.75, 3.05) is 0 Å². The first-order chi connectivity index (χ1) is 12.5. The number of carbonyl (C=O) groups is 2. The van der Waals surface area contributed by atoms with Crippen molar-refractivity contribution in [2.24, 2.45) is 0 Å². The number of rotatable bonds is 4. The van der Waals surface area contributed by atoms with Gasteiger partial charge in [-0.15, -0.1) is 0 Å². The lowest BCUT2D eigenvalue weighted by atomic mass is 9.79. The number of imide groups is 1. The van der Waals surface area contributed by atoms with Crippen molar-refractivity contribution in [3.8, 4) is 5.75 Å². The van der Waals surface area contributed by atoms with E-state index in [0.717, 1.165) is 47.9 Å². The average Bonchev–Trinajstić information content (AvgIpc) is 2.87. The molecule has 0 spiro atoms. The number of nitrogens with one attached hydrogen (secondary N) is 1. The van der Waals surface area contributed by atoms with E-state index >= 15 is 0 Å². The van der Waals surface area contributed by atoms with E-state index in [-0.39, 0.29) is 11.3 Å². The molecule has 2 aromatic carbocycles. The van der Waals surface area contributed by atoms with Gasteiger partial charge in [-0.2, -0.15) is 0 Å². The highest BCUT2D eigenvalue weighted by Crippen LogP contribution is 2.35. The molecule has 0 aliphatic carbocycles. The lowest BCUT2D eigenvalue weighted by molar-refractivity contribution is -0.119. The molecule has 2 aliphatic rings. The molecule has 0 aromatic heterocycles. The Morgan fingerprint density at radius 2 is 1.96 bits per heavy atom. The Hall–Kier alpha value is -2.21. The minimum Gasteiger partial charge on any atom is -0.490 e. The van der Waals surface area contributed by atoms with Crippen LogP contribution in [0.4, 0.5) is 4.79 Å². The van der Waals surface area contributed by atoms with Crippen molar-refractivity contribution in [2.45, 2.75) is 36.4 Å². The van der Waals surface area contributed by atoms with Crippen molar-refractivity contribution in [3.63, 3.8) is 0 Å². The molecule has 2 heterocycles. The lowest BCUT2D eigenvalue weighted by Crippen LogP contribution is -2.39. The third kappa shape index (κ3) is 3.51. The maximum absolute atomic E-state index is 11.9. The third-order valence-corrected chi connectivity index (χ3v) is 5.78. The van der Waals surface area contributed by atoms with Crippen LogP contribution in [0, 0.1) is 0 Å². The highest BCUT2D eigenvalue weighted by Gasteiger charge is 2.43. The van der Waals surface area contributed by atoms with Crippen LogP contribution in [0.3, 0.4) is 0 Å². The van der Waals surface area contributed by atoms with Crippen molar-refractivity contribution >= 4 is 30.8 Å². The van der Waals surface area contributed by atoms with Gasteiger partial charge in [-0.25, -0.2) is 0 Å². The fraction of sp³-hybridized carbons (Fsp3) is 0.300. The molecule has 4 nitrogen and oxygen atoms in total. The van der Waals surface area contributed by atoms with E-state index in [2.05, 4.69) is 17.4 Å². The van der Waals surface area contributed by atoms with E-state index in [0.29, 0.717) is 6.42 Å². The normalized spacial score (nSPS) is 24.7. The average molecular weight is 363 g/mol. The molecular weight excluding hydrogens is 345 g/mol. The Morgan fingerprint density at radius 1 is 1.15 bits per heavy atom. The summed E-state index contributed by atoms with van der Waals surface area (Å²) in [6, 6.07) is 16.3. The van der Waals surface area contributed by atoms with Crippen LogP contribution in [0.5, 0.6) is 5.75 Å². The van der Waals surface area contributed by atoms with Gasteiger partial charge in [0.25, 0.3) is 5.24 Å².